The Kier molecular flexibility index (Phi) is 4.50. The molecule has 1 heterocycles. The molecule has 1 aromatic heterocycles. The van der Waals surface area contributed by atoms with Crippen molar-refractivity contribution >= 4 is 23.2 Å². The molecule has 0 unspecified atom stereocenters. The van der Waals surface area contributed by atoms with E-state index in [1.165, 1.54) is 5.56 Å². The molecule has 0 bridgehead atoms. The highest BCUT2D eigenvalue weighted by Crippen LogP contribution is 2.27. The summed E-state index contributed by atoms with van der Waals surface area (Å²) in [6.45, 7) is 4.75. The Morgan fingerprint density at radius 2 is 2.00 bits per heavy atom. The highest BCUT2D eigenvalue weighted by Gasteiger charge is 2.14. The number of nitrogens with zero attached hydrogens (tertiary/aromatic N) is 2. The van der Waals surface area contributed by atoms with Gasteiger partial charge in [0.25, 0.3) is 0 Å². The van der Waals surface area contributed by atoms with Crippen molar-refractivity contribution < 1.29 is 0 Å². The van der Waals surface area contributed by atoms with Gasteiger partial charge in [-0.05, 0) is 57.0 Å². The lowest BCUT2D eigenvalue weighted by Crippen LogP contribution is -2.03. The third kappa shape index (κ3) is 2.94. The van der Waals surface area contributed by atoms with Gasteiger partial charge in [-0.1, -0.05) is 23.2 Å². The van der Waals surface area contributed by atoms with E-state index in [1.54, 1.807) is 6.07 Å². The maximum Gasteiger partial charge on any atom is 0.0836 e. The first-order chi connectivity index (χ1) is 9.04. The summed E-state index contributed by atoms with van der Waals surface area (Å²) in [4.78, 5) is 0. The van der Waals surface area contributed by atoms with Crippen molar-refractivity contribution in [2.75, 3.05) is 6.54 Å². The van der Waals surface area contributed by atoms with Crippen LogP contribution in [0.25, 0.3) is 5.69 Å². The summed E-state index contributed by atoms with van der Waals surface area (Å²) >= 11 is 12.2. The van der Waals surface area contributed by atoms with Crippen LogP contribution in [0.3, 0.4) is 0 Å². The molecule has 0 aliphatic rings. The fraction of sp³-hybridized carbons (Fsp3) is 0.357. The third-order valence-corrected chi connectivity index (χ3v) is 3.75. The van der Waals surface area contributed by atoms with Crippen molar-refractivity contribution in [3.05, 3.63) is 45.2 Å². The molecule has 0 aliphatic heterocycles. The van der Waals surface area contributed by atoms with Crippen LogP contribution in [0.1, 0.15) is 23.4 Å². The van der Waals surface area contributed by atoms with Gasteiger partial charge in [-0.3, -0.25) is 0 Å². The van der Waals surface area contributed by atoms with Crippen molar-refractivity contribution in [3.63, 3.8) is 0 Å². The van der Waals surface area contributed by atoms with Crippen LogP contribution in [0, 0.1) is 13.8 Å². The molecule has 0 saturated heterocycles. The van der Waals surface area contributed by atoms with E-state index < -0.39 is 0 Å². The van der Waals surface area contributed by atoms with Crippen LogP contribution < -0.4 is 5.73 Å². The minimum Gasteiger partial charge on any atom is -0.330 e. The quantitative estimate of drug-likeness (QED) is 0.935. The number of halogens is 2. The van der Waals surface area contributed by atoms with Gasteiger partial charge in [0, 0.05) is 10.7 Å². The Balaban J connectivity index is 2.45. The van der Waals surface area contributed by atoms with E-state index in [4.69, 9.17) is 28.9 Å². The number of nitrogens with two attached hydrogens (primary N) is 1. The normalized spacial score (nSPS) is 11.0. The van der Waals surface area contributed by atoms with E-state index >= 15 is 0 Å². The zero-order valence-corrected chi connectivity index (χ0v) is 12.6. The number of benzene rings is 1. The Morgan fingerprint density at radius 1 is 1.26 bits per heavy atom. The van der Waals surface area contributed by atoms with E-state index in [0.29, 0.717) is 16.6 Å². The molecule has 1 aromatic carbocycles. The number of aryl methyl sites for hydroxylation is 1. The highest BCUT2D eigenvalue weighted by molar-refractivity contribution is 6.35. The SMILES string of the molecule is Cc1nn(-c2ccc(Cl)cc2Cl)c(C)c1CCCN. The Morgan fingerprint density at radius 3 is 2.63 bits per heavy atom. The van der Waals surface area contributed by atoms with Crippen LogP contribution in [0.2, 0.25) is 10.0 Å². The Bertz CT molecular complexity index is 591. The van der Waals surface area contributed by atoms with Crippen molar-refractivity contribution in [3.8, 4) is 5.69 Å². The summed E-state index contributed by atoms with van der Waals surface area (Å²) < 4.78 is 1.87. The maximum absolute atomic E-state index is 6.24. The van der Waals surface area contributed by atoms with Crippen LogP contribution in [0.4, 0.5) is 0 Å². The number of hydrogen-bond acceptors (Lipinski definition) is 2. The van der Waals surface area contributed by atoms with Gasteiger partial charge in [0.2, 0.25) is 0 Å². The number of rotatable bonds is 4. The van der Waals surface area contributed by atoms with Gasteiger partial charge in [-0.25, -0.2) is 4.68 Å². The Hall–Kier alpha value is -1.03. The van der Waals surface area contributed by atoms with Crippen LogP contribution >= 0.6 is 23.2 Å². The van der Waals surface area contributed by atoms with Gasteiger partial charge in [0.1, 0.15) is 0 Å². The van der Waals surface area contributed by atoms with E-state index in [1.807, 2.05) is 23.7 Å². The second-order valence-electron chi connectivity index (χ2n) is 4.55. The zero-order valence-electron chi connectivity index (χ0n) is 11.1. The van der Waals surface area contributed by atoms with Gasteiger partial charge < -0.3 is 5.73 Å². The zero-order chi connectivity index (χ0) is 14.0. The first-order valence-corrected chi connectivity index (χ1v) is 7.00. The standard InChI is InChI=1S/C14H17Cl2N3/c1-9-12(4-3-7-17)10(2)19(18-9)14-6-5-11(15)8-13(14)16/h5-6,8H,3-4,7,17H2,1-2H3. The lowest BCUT2D eigenvalue weighted by atomic mass is 10.1. The van der Waals surface area contributed by atoms with E-state index in [9.17, 15) is 0 Å². The monoisotopic (exact) mass is 297 g/mol. The topological polar surface area (TPSA) is 43.8 Å². The smallest absolute Gasteiger partial charge is 0.0836 e. The summed E-state index contributed by atoms with van der Waals surface area (Å²) in [7, 11) is 0. The second kappa shape index (κ2) is 5.95. The lowest BCUT2D eigenvalue weighted by Gasteiger charge is -2.08. The predicted molar refractivity (Wildman–Crippen MR) is 80.4 cm³/mol. The van der Waals surface area contributed by atoms with Gasteiger partial charge in [0.15, 0.2) is 0 Å². The van der Waals surface area contributed by atoms with Gasteiger partial charge >= 0.3 is 0 Å². The molecule has 2 aromatic rings. The molecule has 5 heteroatoms. The molecule has 0 radical (unpaired) electrons. The summed E-state index contributed by atoms with van der Waals surface area (Å²) in [5.41, 5.74) is 9.80. The van der Waals surface area contributed by atoms with Crippen molar-refractivity contribution in [1.29, 1.82) is 0 Å². The molecule has 0 saturated carbocycles. The van der Waals surface area contributed by atoms with E-state index in [2.05, 4.69) is 12.0 Å². The molecular weight excluding hydrogens is 281 g/mol. The molecule has 102 valence electrons. The average Bonchev–Trinajstić information content (AvgIpc) is 2.63. The van der Waals surface area contributed by atoms with Crippen LogP contribution in [-0.2, 0) is 6.42 Å². The highest BCUT2D eigenvalue weighted by atomic mass is 35.5. The van der Waals surface area contributed by atoms with Crippen LogP contribution in [0.5, 0.6) is 0 Å². The largest absolute Gasteiger partial charge is 0.330 e. The molecule has 0 spiro atoms. The van der Waals surface area contributed by atoms with E-state index in [-0.39, 0.29) is 0 Å². The molecule has 0 atom stereocenters. The van der Waals surface area contributed by atoms with Crippen molar-refractivity contribution in [2.45, 2.75) is 26.7 Å². The molecule has 0 aliphatic carbocycles. The van der Waals surface area contributed by atoms with Crippen molar-refractivity contribution in [2.24, 2.45) is 5.73 Å². The first kappa shape index (κ1) is 14.4. The predicted octanol–water partition coefficient (Wildman–Crippen LogP) is 3.69. The van der Waals surface area contributed by atoms with Crippen molar-refractivity contribution in [1.82, 2.24) is 9.78 Å². The maximum atomic E-state index is 6.24. The molecule has 0 fully saturated rings. The van der Waals surface area contributed by atoms with E-state index in [0.717, 1.165) is 29.9 Å². The van der Waals surface area contributed by atoms with Crippen LogP contribution in [0.15, 0.2) is 18.2 Å². The summed E-state index contributed by atoms with van der Waals surface area (Å²) in [6.07, 6.45) is 1.90. The fourth-order valence-electron chi connectivity index (χ4n) is 2.20. The molecular formula is C14H17Cl2N3. The number of hydrogen-bond donors (Lipinski definition) is 1. The molecule has 2 rings (SSSR count). The summed E-state index contributed by atoms with van der Waals surface area (Å²) in [5, 5.41) is 5.80. The first-order valence-electron chi connectivity index (χ1n) is 6.25. The Labute approximate surface area is 123 Å². The van der Waals surface area contributed by atoms with Gasteiger partial charge in [-0.2, -0.15) is 5.10 Å². The summed E-state index contributed by atoms with van der Waals surface area (Å²) in [5.74, 6) is 0. The number of aromatic nitrogens is 2. The van der Waals surface area contributed by atoms with Gasteiger partial charge in [0.05, 0.1) is 16.4 Å². The fourth-order valence-corrected chi connectivity index (χ4v) is 2.69. The molecule has 2 N–H and O–H groups in total. The molecule has 3 nitrogen and oxygen atoms in total. The van der Waals surface area contributed by atoms with Gasteiger partial charge in [-0.15, -0.1) is 0 Å². The minimum atomic E-state index is 0.600. The molecule has 0 amide bonds. The average molecular weight is 298 g/mol. The summed E-state index contributed by atoms with van der Waals surface area (Å²) in [6, 6.07) is 5.43. The second-order valence-corrected chi connectivity index (χ2v) is 5.39. The minimum absolute atomic E-state index is 0.600. The molecule has 19 heavy (non-hydrogen) atoms. The lowest BCUT2D eigenvalue weighted by molar-refractivity contribution is 0.815. The van der Waals surface area contributed by atoms with Crippen LogP contribution in [-0.4, -0.2) is 16.3 Å². The third-order valence-electron chi connectivity index (χ3n) is 3.21.